The van der Waals surface area contributed by atoms with E-state index in [0.717, 1.165) is 16.5 Å². The van der Waals surface area contributed by atoms with Gasteiger partial charge in [0, 0.05) is 15.5 Å². The quantitative estimate of drug-likeness (QED) is 0.880. The molecule has 1 aromatic carbocycles. The van der Waals surface area contributed by atoms with Gasteiger partial charge < -0.3 is 11.5 Å². The van der Waals surface area contributed by atoms with Crippen molar-refractivity contribution in [2.45, 2.75) is 12.5 Å². The molecule has 0 aliphatic heterocycles. The van der Waals surface area contributed by atoms with Gasteiger partial charge in [-0.1, -0.05) is 33.6 Å². The first-order valence-corrected chi connectivity index (χ1v) is 5.23. The molecule has 0 aliphatic carbocycles. The molecule has 4 N–H and O–H groups in total. The summed E-state index contributed by atoms with van der Waals surface area (Å²) in [6.45, 7) is 0.593. The van der Waals surface area contributed by atoms with Gasteiger partial charge in [0.05, 0.1) is 0 Å². The molecule has 0 fully saturated rings. The minimum atomic E-state index is -0.0170. The van der Waals surface area contributed by atoms with Gasteiger partial charge in [-0.05, 0) is 30.7 Å². The number of hydrogen-bond donors (Lipinski definition) is 2. The first-order chi connectivity index (χ1) is 6.15. The lowest BCUT2D eigenvalue weighted by Crippen LogP contribution is -2.15. The fourth-order valence-electron chi connectivity index (χ4n) is 1.14. The maximum Gasteiger partial charge on any atom is 0.0417 e. The van der Waals surface area contributed by atoms with Crippen LogP contribution in [0.5, 0.6) is 0 Å². The number of benzene rings is 1. The summed E-state index contributed by atoms with van der Waals surface area (Å²) in [5.41, 5.74) is 12.4. The number of halogens is 2. The van der Waals surface area contributed by atoms with E-state index < -0.39 is 0 Å². The molecule has 0 aliphatic rings. The number of nitrogens with two attached hydrogens (primary N) is 2. The zero-order chi connectivity index (χ0) is 9.84. The number of hydrogen-bond acceptors (Lipinski definition) is 2. The fraction of sp³-hybridized carbons (Fsp3) is 0.333. The molecule has 1 aromatic rings. The summed E-state index contributed by atoms with van der Waals surface area (Å²) in [5.74, 6) is 0. The van der Waals surface area contributed by atoms with E-state index in [1.54, 1.807) is 0 Å². The van der Waals surface area contributed by atoms with Crippen molar-refractivity contribution in [1.82, 2.24) is 0 Å². The molecule has 0 radical (unpaired) electrons. The van der Waals surface area contributed by atoms with Crippen molar-refractivity contribution in [1.29, 1.82) is 0 Å². The third kappa shape index (κ3) is 2.95. The van der Waals surface area contributed by atoms with E-state index in [0.29, 0.717) is 11.6 Å². The Morgan fingerprint density at radius 3 is 2.69 bits per heavy atom. The molecule has 0 unspecified atom stereocenters. The van der Waals surface area contributed by atoms with Gasteiger partial charge in [0.15, 0.2) is 0 Å². The van der Waals surface area contributed by atoms with Gasteiger partial charge in [-0.25, -0.2) is 0 Å². The van der Waals surface area contributed by atoms with Crippen LogP contribution >= 0.6 is 27.5 Å². The molecular weight excluding hydrogens is 251 g/mol. The van der Waals surface area contributed by atoms with Crippen molar-refractivity contribution in [2.75, 3.05) is 6.54 Å². The molecule has 0 amide bonds. The lowest BCUT2D eigenvalue weighted by atomic mass is 10.1. The maximum atomic E-state index is 5.90. The second-order valence-electron chi connectivity index (χ2n) is 2.85. The third-order valence-electron chi connectivity index (χ3n) is 1.84. The van der Waals surface area contributed by atoms with E-state index >= 15 is 0 Å². The summed E-state index contributed by atoms with van der Waals surface area (Å²) in [6, 6.07) is 5.58. The Morgan fingerprint density at radius 1 is 1.46 bits per heavy atom. The molecule has 0 bridgehead atoms. The van der Waals surface area contributed by atoms with Crippen molar-refractivity contribution in [3.8, 4) is 0 Å². The SMILES string of the molecule is NCC[C@H](N)c1ccc(Cl)cc1Br. The molecule has 0 saturated heterocycles. The Morgan fingerprint density at radius 2 is 2.15 bits per heavy atom. The van der Waals surface area contributed by atoms with Gasteiger partial charge in [-0.3, -0.25) is 0 Å². The highest BCUT2D eigenvalue weighted by Gasteiger charge is 2.08. The lowest BCUT2D eigenvalue weighted by Gasteiger charge is -2.12. The molecule has 4 heteroatoms. The standard InChI is InChI=1S/C9H12BrClN2/c10-8-5-6(11)1-2-7(8)9(13)3-4-12/h1-2,5,9H,3-4,12-13H2/t9-/m0/s1. The summed E-state index contributed by atoms with van der Waals surface area (Å²) in [7, 11) is 0. The highest BCUT2D eigenvalue weighted by atomic mass is 79.9. The van der Waals surface area contributed by atoms with Crippen LogP contribution in [-0.2, 0) is 0 Å². The van der Waals surface area contributed by atoms with Gasteiger partial charge >= 0.3 is 0 Å². The maximum absolute atomic E-state index is 5.90. The van der Waals surface area contributed by atoms with Crippen molar-refractivity contribution in [2.24, 2.45) is 11.5 Å². The first kappa shape index (κ1) is 11.0. The highest BCUT2D eigenvalue weighted by molar-refractivity contribution is 9.10. The minimum absolute atomic E-state index is 0.0170. The molecule has 0 aromatic heterocycles. The summed E-state index contributed by atoms with van der Waals surface area (Å²) in [4.78, 5) is 0. The zero-order valence-electron chi connectivity index (χ0n) is 7.13. The third-order valence-corrected chi connectivity index (χ3v) is 2.76. The van der Waals surface area contributed by atoms with Crippen LogP contribution in [0.1, 0.15) is 18.0 Å². The molecule has 0 heterocycles. The van der Waals surface area contributed by atoms with E-state index in [-0.39, 0.29) is 6.04 Å². The number of rotatable bonds is 3. The molecule has 13 heavy (non-hydrogen) atoms. The molecule has 1 atom stereocenters. The predicted molar refractivity (Wildman–Crippen MR) is 59.8 cm³/mol. The fourth-order valence-corrected chi connectivity index (χ4v) is 2.11. The normalized spacial score (nSPS) is 12.9. The molecule has 72 valence electrons. The topological polar surface area (TPSA) is 52.0 Å². The average Bonchev–Trinajstić information content (AvgIpc) is 2.04. The molecule has 2 nitrogen and oxygen atoms in total. The lowest BCUT2D eigenvalue weighted by molar-refractivity contribution is 0.659. The van der Waals surface area contributed by atoms with Crippen molar-refractivity contribution in [3.63, 3.8) is 0 Å². The highest BCUT2D eigenvalue weighted by Crippen LogP contribution is 2.26. The van der Waals surface area contributed by atoms with Gasteiger partial charge in [0.1, 0.15) is 0 Å². The Kier molecular flexibility index (Phi) is 4.19. The van der Waals surface area contributed by atoms with Crippen LogP contribution in [0.3, 0.4) is 0 Å². The van der Waals surface area contributed by atoms with Crippen molar-refractivity contribution in [3.05, 3.63) is 33.3 Å². The summed E-state index contributed by atoms with van der Waals surface area (Å²) < 4.78 is 0.945. The van der Waals surface area contributed by atoms with E-state index in [4.69, 9.17) is 23.1 Å². The zero-order valence-corrected chi connectivity index (χ0v) is 9.48. The second kappa shape index (κ2) is 4.96. The van der Waals surface area contributed by atoms with E-state index in [9.17, 15) is 0 Å². The summed E-state index contributed by atoms with van der Waals surface area (Å²) >= 11 is 9.22. The Balaban J connectivity index is 2.88. The first-order valence-electron chi connectivity index (χ1n) is 4.05. The van der Waals surface area contributed by atoms with Crippen LogP contribution in [0.4, 0.5) is 0 Å². The van der Waals surface area contributed by atoms with Crippen molar-refractivity contribution >= 4 is 27.5 Å². The van der Waals surface area contributed by atoms with Crippen LogP contribution in [0.25, 0.3) is 0 Å². The van der Waals surface area contributed by atoms with Crippen molar-refractivity contribution < 1.29 is 0 Å². The summed E-state index contributed by atoms with van der Waals surface area (Å²) in [5, 5.41) is 0.704. The van der Waals surface area contributed by atoms with Crippen LogP contribution in [-0.4, -0.2) is 6.54 Å². The minimum Gasteiger partial charge on any atom is -0.330 e. The van der Waals surface area contributed by atoms with E-state index in [1.807, 2.05) is 18.2 Å². The Bertz CT molecular complexity index is 291. The second-order valence-corrected chi connectivity index (χ2v) is 4.14. The van der Waals surface area contributed by atoms with Gasteiger partial charge in [-0.2, -0.15) is 0 Å². The molecule has 0 saturated carbocycles. The van der Waals surface area contributed by atoms with Gasteiger partial charge in [0.25, 0.3) is 0 Å². The molecule has 1 rings (SSSR count). The van der Waals surface area contributed by atoms with E-state index in [1.165, 1.54) is 0 Å². The molecular formula is C9H12BrClN2. The van der Waals surface area contributed by atoms with Crippen LogP contribution in [0, 0.1) is 0 Å². The monoisotopic (exact) mass is 262 g/mol. The van der Waals surface area contributed by atoms with Crippen LogP contribution < -0.4 is 11.5 Å². The van der Waals surface area contributed by atoms with Crippen LogP contribution in [0.2, 0.25) is 5.02 Å². The Hall–Kier alpha value is -0.0900. The largest absolute Gasteiger partial charge is 0.330 e. The average molecular weight is 264 g/mol. The predicted octanol–water partition coefficient (Wildman–Crippen LogP) is 2.45. The van der Waals surface area contributed by atoms with E-state index in [2.05, 4.69) is 15.9 Å². The smallest absolute Gasteiger partial charge is 0.0417 e. The van der Waals surface area contributed by atoms with Gasteiger partial charge in [-0.15, -0.1) is 0 Å². The summed E-state index contributed by atoms with van der Waals surface area (Å²) in [6.07, 6.45) is 0.778. The molecule has 0 spiro atoms. The van der Waals surface area contributed by atoms with Crippen LogP contribution in [0.15, 0.2) is 22.7 Å². The van der Waals surface area contributed by atoms with Gasteiger partial charge in [0.2, 0.25) is 0 Å². The Labute approximate surface area is 91.4 Å².